The second-order valence-electron chi connectivity index (χ2n) is 6.23. The summed E-state index contributed by atoms with van der Waals surface area (Å²) in [5, 5.41) is 8.96. The van der Waals surface area contributed by atoms with Gasteiger partial charge >= 0.3 is 12.1 Å². The third kappa shape index (κ3) is 2.76. The molecule has 1 amide bonds. The van der Waals surface area contributed by atoms with Crippen LogP contribution in [-0.4, -0.2) is 40.3 Å². The largest absolute Gasteiger partial charge is 0.481 e. The summed E-state index contributed by atoms with van der Waals surface area (Å²) in [5.41, 5.74) is -0.500. The fourth-order valence-electron chi connectivity index (χ4n) is 2.71. The van der Waals surface area contributed by atoms with Gasteiger partial charge in [0.05, 0.1) is 5.92 Å². The Kier molecular flexibility index (Phi) is 3.25. The second kappa shape index (κ2) is 4.44. The SMILES string of the molecule is CC(C)(C)OC(=O)N1CCC[C@@H]1[C@@H]1C[C@@H]1C(=O)O. The summed E-state index contributed by atoms with van der Waals surface area (Å²) in [7, 11) is 0. The van der Waals surface area contributed by atoms with E-state index >= 15 is 0 Å². The van der Waals surface area contributed by atoms with Crippen LogP contribution in [0.5, 0.6) is 0 Å². The number of likely N-dealkylation sites (tertiary alicyclic amines) is 1. The molecule has 0 aromatic rings. The van der Waals surface area contributed by atoms with Crippen molar-refractivity contribution in [2.24, 2.45) is 11.8 Å². The molecule has 5 nitrogen and oxygen atoms in total. The van der Waals surface area contributed by atoms with E-state index in [4.69, 9.17) is 9.84 Å². The third-order valence-electron chi connectivity index (χ3n) is 3.58. The third-order valence-corrected chi connectivity index (χ3v) is 3.58. The summed E-state index contributed by atoms with van der Waals surface area (Å²) in [6.07, 6.45) is 2.22. The van der Waals surface area contributed by atoms with Crippen LogP contribution >= 0.6 is 0 Å². The molecule has 2 fully saturated rings. The molecule has 1 aliphatic carbocycles. The van der Waals surface area contributed by atoms with Crippen LogP contribution in [0.2, 0.25) is 0 Å². The molecule has 0 aromatic carbocycles. The number of carboxylic acid groups (broad SMARTS) is 1. The van der Waals surface area contributed by atoms with Crippen LogP contribution in [0.15, 0.2) is 0 Å². The summed E-state index contributed by atoms with van der Waals surface area (Å²) in [4.78, 5) is 24.7. The Hall–Kier alpha value is -1.26. The lowest BCUT2D eigenvalue weighted by Crippen LogP contribution is -2.41. The van der Waals surface area contributed by atoms with Crippen LogP contribution in [0.4, 0.5) is 4.79 Å². The van der Waals surface area contributed by atoms with Crippen LogP contribution in [0.1, 0.15) is 40.0 Å². The van der Waals surface area contributed by atoms with Crippen molar-refractivity contribution in [1.82, 2.24) is 4.90 Å². The molecule has 0 bridgehead atoms. The van der Waals surface area contributed by atoms with E-state index in [1.54, 1.807) is 4.90 Å². The Labute approximate surface area is 107 Å². The molecule has 1 saturated heterocycles. The van der Waals surface area contributed by atoms with Gasteiger partial charge in [0.1, 0.15) is 5.60 Å². The average Bonchev–Trinajstić information content (AvgIpc) is 2.86. The summed E-state index contributed by atoms with van der Waals surface area (Å²) in [6, 6.07) is 0.0564. The highest BCUT2D eigenvalue weighted by Gasteiger charge is 2.52. The van der Waals surface area contributed by atoms with Crippen molar-refractivity contribution in [2.75, 3.05) is 6.54 Å². The van der Waals surface area contributed by atoms with Gasteiger partial charge in [-0.05, 0) is 46.0 Å². The van der Waals surface area contributed by atoms with Gasteiger partial charge in [-0.25, -0.2) is 4.79 Å². The number of carbonyl (C=O) groups is 2. The molecule has 1 aliphatic heterocycles. The number of amides is 1. The van der Waals surface area contributed by atoms with Crippen LogP contribution in [0.25, 0.3) is 0 Å². The topological polar surface area (TPSA) is 66.8 Å². The molecule has 102 valence electrons. The standard InChI is InChI=1S/C13H21NO4/c1-13(2,3)18-12(17)14-6-4-5-10(14)8-7-9(8)11(15)16/h8-10H,4-7H2,1-3H3,(H,15,16)/t8-,9+,10-/m1/s1. The first-order valence-electron chi connectivity index (χ1n) is 6.52. The summed E-state index contributed by atoms with van der Waals surface area (Å²) >= 11 is 0. The summed E-state index contributed by atoms with van der Waals surface area (Å²) in [5.74, 6) is -0.883. The molecule has 0 spiro atoms. The summed E-state index contributed by atoms with van der Waals surface area (Å²) in [6.45, 7) is 6.20. The van der Waals surface area contributed by atoms with E-state index in [1.807, 2.05) is 20.8 Å². The number of carboxylic acids is 1. The number of carbonyl (C=O) groups excluding carboxylic acids is 1. The number of rotatable bonds is 2. The highest BCUT2D eigenvalue weighted by molar-refractivity contribution is 5.74. The minimum absolute atomic E-state index is 0.0564. The maximum Gasteiger partial charge on any atom is 0.410 e. The molecule has 2 aliphatic rings. The molecule has 1 heterocycles. The number of aliphatic carboxylic acids is 1. The van der Waals surface area contributed by atoms with Gasteiger partial charge < -0.3 is 14.7 Å². The van der Waals surface area contributed by atoms with Crippen molar-refractivity contribution < 1.29 is 19.4 Å². The highest BCUT2D eigenvalue weighted by Crippen LogP contribution is 2.46. The van der Waals surface area contributed by atoms with E-state index < -0.39 is 11.6 Å². The molecule has 18 heavy (non-hydrogen) atoms. The molecule has 5 heteroatoms. The van der Waals surface area contributed by atoms with Gasteiger partial charge in [-0.15, -0.1) is 0 Å². The number of hydrogen-bond donors (Lipinski definition) is 1. The number of ether oxygens (including phenoxy) is 1. The molecule has 1 N–H and O–H groups in total. The predicted octanol–water partition coefficient (Wildman–Crippen LogP) is 2.11. The predicted molar refractivity (Wildman–Crippen MR) is 65.2 cm³/mol. The van der Waals surface area contributed by atoms with Gasteiger partial charge in [0.25, 0.3) is 0 Å². The zero-order valence-corrected chi connectivity index (χ0v) is 11.2. The van der Waals surface area contributed by atoms with Gasteiger partial charge in [-0.2, -0.15) is 0 Å². The average molecular weight is 255 g/mol. The van der Waals surface area contributed by atoms with Crippen molar-refractivity contribution in [2.45, 2.75) is 51.7 Å². The van der Waals surface area contributed by atoms with E-state index in [9.17, 15) is 9.59 Å². The fraction of sp³-hybridized carbons (Fsp3) is 0.846. The Bertz CT molecular complexity index is 360. The van der Waals surface area contributed by atoms with E-state index in [2.05, 4.69) is 0 Å². The lowest BCUT2D eigenvalue weighted by molar-refractivity contribution is -0.139. The Morgan fingerprint density at radius 1 is 1.33 bits per heavy atom. The van der Waals surface area contributed by atoms with Gasteiger partial charge in [0.15, 0.2) is 0 Å². The van der Waals surface area contributed by atoms with Crippen LogP contribution < -0.4 is 0 Å². The monoisotopic (exact) mass is 255 g/mol. The molecule has 0 radical (unpaired) electrons. The molecule has 0 aromatic heterocycles. The normalized spacial score (nSPS) is 31.3. The van der Waals surface area contributed by atoms with Crippen molar-refractivity contribution in [3.8, 4) is 0 Å². The minimum atomic E-state index is -0.740. The molecule has 3 atom stereocenters. The molecule has 1 saturated carbocycles. The molecule has 0 unspecified atom stereocenters. The first kappa shape index (κ1) is 13.2. The lowest BCUT2D eigenvalue weighted by Gasteiger charge is -2.28. The van der Waals surface area contributed by atoms with E-state index in [0.717, 1.165) is 12.8 Å². The van der Waals surface area contributed by atoms with E-state index in [-0.39, 0.29) is 24.0 Å². The van der Waals surface area contributed by atoms with Crippen molar-refractivity contribution in [1.29, 1.82) is 0 Å². The zero-order chi connectivity index (χ0) is 13.5. The van der Waals surface area contributed by atoms with Crippen LogP contribution in [0, 0.1) is 11.8 Å². The smallest absolute Gasteiger partial charge is 0.410 e. The Morgan fingerprint density at radius 3 is 2.50 bits per heavy atom. The Morgan fingerprint density at radius 2 is 2.00 bits per heavy atom. The number of hydrogen-bond acceptors (Lipinski definition) is 3. The second-order valence-corrected chi connectivity index (χ2v) is 6.23. The molecule has 2 rings (SSSR count). The fourth-order valence-corrected chi connectivity index (χ4v) is 2.71. The summed E-state index contributed by atoms with van der Waals surface area (Å²) < 4.78 is 5.37. The van der Waals surface area contributed by atoms with Gasteiger partial charge in [0.2, 0.25) is 0 Å². The van der Waals surface area contributed by atoms with E-state index in [1.165, 1.54) is 0 Å². The van der Waals surface area contributed by atoms with Crippen molar-refractivity contribution in [3.05, 3.63) is 0 Å². The highest BCUT2D eigenvalue weighted by atomic mass is 16.6. The Balaban J connectivity index is 1.96. The maximum absolute atomic E-state index is 12.0. The van der Waals surface area contributed by atoms with E-state index in [0.29, 0.717) is 13.0 Å². The van der Waals surface area contributed by atoms with Gasteiger partial charge in [-0.3, -0.25) is 4.79 Å². The van der Waals surface area contributed by atoms with Gasteiger partial charge in [-0.1, -0.05) is 0 Å². The quantitative estimate of drug-likeness (QED) is 0.820. The van der Waals surface area contributed by atoms with Crippen LogP contribution in [-0.2, 0) is 9.53 Å². The zero-order valence-electron chi connectivity index (χ0n) is 11.2. The first-order valence-corrected chi connectivity index (χ1v) is 6.52. The van der Waals surface area contributed by atoms with Gasteiger partial charge in [0, 0.05) is 12.6 Å². The van der Waals surface area contributed by atoms with Crippen molar-refractivity contribution in [3.63, 3.8) is 0 Å². The van der Waals surface area contributed by atoms with Crippen molar-refractivity contribution >= 4 is 12.1 Å². The number of nitrogens with zero attached hydrogens (tertiary/aromatic N) is 1. The maximum atomic E-state index is 12.0. The minimum Gasteiger partial charge on any atom is -0.481 e. The first-order chi connectivity index (χ1) is 8.29. The van der Waals surface area contributed by atoms with Crippen LogP contribution in [0.3, 0.4) is 0 Å². The lowest BCUT2D eigenvalue weighted by atomic mass is 10.1. The molecular formula is C13H21NO4. The molecular weight excluding hydrogens is 234 g/mol.